The van der Waals surface area contributed by atoms with Crippen LogP contribution in [-0.4, -0.2) is 50.9 Å². The lowest BCUT2D eigenvalue weighted by Crippen LogP contribution is -2.47. The number of aromatic nitrogens is 5. The largest absolute Gasteiger partial charge is 0.352 e. The second-order valence-electron chi connectivity index (χ2n) is 5.95. The van der Waals surface area contributed by atoms with Crippen molar-refractivity contribution in [3.8, 4) is 11.3 Å². The van der Waals surface area contributed by atoms with Gasteiger partial charge in [0, 0.05) is 51.2 Å². The third kappa shape index (κ3) is 3.34. The lowest BCUT2D eigenvalue weighted by molar-refractivity contribution is 0.640. The number of rotatable bonds is 3. The van der Waals surface area contributed by atoms with Crippen LogP contribution < -0.4 is 9.80 Å². The highest BCUT2D eigenvalue weighted by molar-refractivity contribution is 9.10. The van der Waals surface area contributed by atoms with Gasteiger partial charge in [-0.1, -0.05) is 0 Å². The summed E-state index contributed by atoms with van der Waals surface area (Å²) in [6.45, 7) is 3.56. The van der Waals surface area contributed by atoms with E-state index >= 15 is 0 Å². The molecule has 0 aromatic carbocycles. The average Bonchev–Trinajstić information content (AvgIpc) is 3.09. The molecule has 128 valence electrons. The summed E-state index contributed by atoms with van der Waals surface area (Å²) in [5, 5.41) is 4.20. The predicted octanol–water partition coefficient (Wildman–Crippen LogP) is 2.36. The SMILES string of the molecule is Cn1cc(-c2cncc(N3CCN(c4ncccc4Br)CC3)n2)cn1. The Kier molecular flexibility index (Phi) is 4.35. The van der Waals surface area contributed by atoms with Gasteiger partial charge in [0.25, 0.3) is 0 Å². The quantitative estimate of drug-likeness (QED) is 0.673. The van der Waals surface area contributed by atoms with E-state index in [2.05, 4.69) is 40.8 Å². The molecular formula is C17H18BrN7. The van der Waals surface area contributed by atoms with Crippen molar-refractivity contribution >= 4 is 27.6 Å². The predicted molar refractivity (Wildman–Crippen MR) is 101 cm³/mol. The topological polar surface area (TPSA) is 63.0 Å². The molecule has 1 fully saturated rings. The molecule has 1 aliphatic rings. The lowest BCUT2D eigenvalue weighted by atomic mass is 10.2. The third-order valence-corrected chi connectivity index (χ3v) is 4.88. The molecule has 0 spiro atoms. The molecule has 0 aliphatic carbocycles. The van der Waals surface area contributed by atoms with Crippen molar-refractivity contribution in [1.82, 2.24) is 24.7 Å². The normalized spacial score (nSPS) is 14.8. The smallest absolute Gasteiger partial charge is 0.147 e. The summed E-state index contributed by atoms with van der Waals surface area (Å²) >= 11 is 3.58. The van der Waals surface area contributed by atoms with E-state index in [1.54, 1.807) is 10.9 Å². The first-order valence-electron chi connectivity index (χ1n) is 8.12. The molecule has 0 saturated carbocycles. The summed E-state index contributed by atoms with van der Waals surface area (Å²) in [6.07, 6.45) is 9.19. The van der Waals surface area contributed by atoms with Gasteiger partial charge in [-0.05, 0) is 28.1 Å². The molecule has 0 N–H and O–H groups in total. The summed E-state index contributed by atoms with van der Waals surface area (Å²) in [5.74, 6) is 1.90. The van der Waals surface area contributed by atoms with Crippen molar-refractivity contribution in [2.75, 3.05) is 36.0 Å². The fourth-order valence-electron chi connectivity index (χ4n) is 2.96. The van der Waals surface area contributed by atoms with E-state index in [4.69, 9.17) is 4.98 Å². The van der Waals surface area contributed by atoms with Crippen molar-refractivity contribution in [2.45, 2.75) is 0 Å². The van der Waals surface area contributed by atoms with Gasteiger partial charge in [0.15, 0.2) is 0 Å². The molecule has 8 heteroatoms. The molecule has 4 heterocycles. The van der Waals surface area contributed by atoms with Crippen molar-refractivity contribution in [3.63, 3.8) is 0 Å². The number of aryl methyl sites for hydroxylation is 1. The minimum absolute atomic E-state index is 0.848. The second-order valence-corrected chi connectivity index (χ2v) is 6.80. The van der Waals surface area contributed by atoms with Gasteiger partial charge in [-0.15, -0.1) is 0 Å². The molecule has 1 aliphatic heterocycles. The van der Waals surface area contributed by atoms with E-state index in [1.165, 1.54) is 0 Å². The van der Waals surface area contributed by atoms with E-state index < -0.39 is 0 Å². The molecule has 25 heavy (non-hydrogen) atoms. The van der Waals surface area contributed by atoms with Crippen LogP contribution in [0.1, 0.15) is 0 Å². The molecule has 1 saturated heterocycles. The van der Waals surface area contributed by atoms with Crippen LogP contribution in [0, 0.1) is 0 Å². The summed E-state index contributed by atoms with van der Waals surface area (Å²) in [6, 6.07) is 3.96. The molecule has 0 unspecified atom stereocenters. The van der Waals surface area contributed by atoms with Gasteiger partial charge in [0.2, 0.25) is 0 Å². The Morgan fingerprint density at radius 2 is 1.84 bits per heavy atom. The van der Waals surface area contributed by atoms with E-state index in [9.17, 15) is 0 Å². The zero-order valence-electron chi connectivity index (χ0n) is 13.9. The van der Waals surface area contributed by atoms with Crippen LogP contribution >= 0.6 is 15.9 Å². The Hall–Kier alpha value is -2.48. The molecule has 3 aromatic rings. The van der Waals surface area contributed by atoms with Gasteiger partial charge < -0.3 is 9.80 Å². The lowest BCUT2D eigenvalue weighted by Gasteiger charge is -2.36. The van der Waals surface area contributed by atoms with Crippen LogP contribution in [0.25, 0.3) is 11.3 Å². The van der Waals surface area contributed by atoms with Gasteiger partial charge in [-0.3, -0.25) is 9.67 Å². The molecule has 0 atom stereocenters. The maximum atomic E-state index is 4.76. The summed E-state index contributed by atoms with van der Waals surface area (Å²) in [7, 11) is 1.90. The summed E-state index contributed by atoms with van der Waals surface area (Å²) in [5.41, 5.74) is 1.83. The summed E-state index contributed by atoms with van der Waals surface area (Å²) < 4.78 is 2.80. The van der Waals surface area contributed by atoms with Gasteiger partial charge in [-0.25, -0.2) is 9.97 Å². The minimum atomic E-state index is 0.848. The van der Waals surface area contributed by atoms with Crippen LogP contribution in [0.3, 0.4) is 0 Å². The standard InChI is InChI=1S/C17H18BrN7/c1-23-12-13(9-21-23)15-10-19-11-16(22-15)24-5-7-25(8-6-24)17-14(18)3-2-4-20-17/h2-4,9-12H,5-8H2,1H3. The Balaban J connectivity index is 1.49. The molecule has 0 bridgehead atoms. The Morgan fingerprint density at radius 1 is 1.04 bits per heavy atom. The number of halogens is 1. The number of nitrogens with zero attached hydrogens (tertiary/aromatic N) is 7. The Morgan fingerprint density at radius 3 is 2.56 bits per heavy atom. The fourth-order valence-corrected chi connectivity index (χ4v) is 3.46. The first kappa shape index (κ1) is 16.0. The molecule has 0 amide bonds. The van der Waals surface area contributed by atoms with Crippen LogP contribution in [0.5, 0.6) is 0 Å². The zero-order chi connectivity index (χ0) is 17.2. The van der Waals surface area contributed by atoms with Gasteiger partial charge in [-0.2, -0.15) is 5.10 Å². The number of hydrogen-bond acceptors (Lipinski definition) is 6. The van der Waals surface area contributed by atoms with Crippen molar-refractivity contribution in [2.24, 2.45) is 7.05 Å². The first-order chi connectivity index (χ1) is 12.2. The van der Waals surface area contributed by atoms with Gasteiger partial charge >= 0.3 is 0 Å². The fraction of sp³-hybridized carbons (Fsp3) is 0.294. The number of hydrogen-bond donors (Lipinski definition) is 0. The average molecular weight is 400 g/mol. The highest BCUT2D eigenvalue weighted by Crippen LogP contribution is 2.25. The maximum absolute atomic E-state index is 4.76. The first-order valence-corrected chi connectivity index (χ1v) is 8.91. The van der Waals surface area contributed by atoms with Crippen molar-refractivity contribution in [1.29, 1.82) is 0 Å². The molecule has 0 radical (unpaired) electrons. The van der Waals surface area contributed by atoms with Gasteiger partial charge in [0.1, 0.15) is 11.6 Å². The van der Waals surface area contributed by atoms with Crippen LogP contribution in [-0.2, 0) is 7.05 Å². The number of anilines is 2. The Bertz CT molecular complexity index is 871. The highest BCUT2D eigenvalue weighted by atomic mass is 79.9. The molecule has 4 rings (SSSR count). The molecular weight excluding hydrogens is 382 g/mol. The zero-order valence-corrected chi connectivity index (χ0v) is 15.5. The highest BCUT2D eigenvalue weighted by Gasteiger charge is 2.21. The maximum Gasteiger partial charge on any atom is 0.147 e. The molecule has 3 aromatic heterocycles. The van der Waals surface area contributed by atoms with E-state index in [-0.39, 0.29) is 0 Å². The Labute approximate surface area is 154 Å². The van der Waals surface area contributed by atoms with E-state index in [0.29, 0.717) is 0 Å². The minimum Gasteiger partial charge on any atom is -0.352 e. The number of piperazine rings is 1. The molecule has 7 nitrogen and oxygen atoms in total. The van der Waals surface area contributed by atoms with Crippen molar-refractivity contribution in [3.05, 3.63) is 47.6 Å². The van der Waals surface area contributed by atoms with E-state index in [0.717, 1.165) is 53.5 Å². The second kappa shape index (κ2) is 6.79. The van der Waals surface area contributed by atoms with Crippen molar-refractivity contribution < 1.29 is 0 Å². The summed E-state index contributed by atoms with van der Waals surface area (Å²) in [4.78, 5) is 18.2. The van der Waals surface area contributed by atoms with Crippen LogP contribution in [0.2, 0.25) is 0 Å². The van der Waals surface area contributed by atoms with E-state index in [1.807, 2.05) is 44.0 Å². The number of pyridine rings is 1. The van der Waals surface area contributed by atoms with Crippen LogP contribution in [0.4, 0.5) is 11.6 Å². The van der Waals surface area contributed by atoms with Crippen LogP contribution in [0.15, 0.2) is 47.6 Å². The monoisotopic (exact) mass is 399 g/mol. The van der Waals surface area contributed by atoms with Gasteiger partial charge in [0.05, 0.1) is 28.8 Å². The third-order valence-electron chi connectivity index (χ3n) is 4.26.